The third kappa shape index (κ3) is 3.80. The molecule has 0 bridgehead atoms. The van der Waals surface area contributed by atoms with Crippen molar-refractivity contribution in [1.29, 1.82) is 0 Å². The van der Waals surface area contributed by atoms with Gasteiger partial charge in [-0.25, -0.2) is 8.78 Å². The van der Waals surface area contributed by atoms with Crippen LogP contribution in [0.25, 0.3) is 0 Å². The summed E-state index contributed by atoms with van der Waals surface area (Å²) >= 11 is 0. The number of benzene rings is 1. The number of alkyl halides is 2. The van der Waals surface area contributed by atoms with Crippen LogP contribution < -0.4 is 0 Å². The smallest absolute Gasteiger partial charge is 0.309 e. The molecule has 0 aliphatic carbocycles. The van der Waals surface area contributed by atoms with Gasteiger partial charge in [0.05, 0.1) is 13.5 Å². The van der Waals surface area contributed by atoms with Gasteiger partial charge in [0.25, 0.3) is 5.92 Å². The van der Waals surface area contributed by atoms with E-state index >= 15 is 0 Å². The molecule has 1 aromatic carbocycles. The summed E-state index contributed by atoms with van der Waals surface area (Å²) in [4.78, 5) is 11.1. The fourth-order valence-corrected chi connectivity index (χ4v) is 1.61. The summed E-state index contributed by atoms with van der Waals surface area (Å²) < 4.78 is 31.8. The van der Waals surface area contributed by atoms with Crippen molar-refractivity contribution in [1.82, 2.24) is 0 Å². The molecule has 0 spiro atoms. The Bertz CT molecular complexity index is 389. The van der Waals surface area contributed by atoms with Gasteiger partial charge in [0, 0.05) is 12.0 Å². The highest BCUT2D eigenvalue weighted by Crippen LogP contribution is 2.33. The molecule has 17 heavy (non-hydrogen) atoms. The Kier molecular flexibility index (Phi) is 4.61. The molecule has 1 aromatic rings. The molecule has 4 heteroatoms. The zero-order valence-corrected chi connectivity index (χ0v) is 10.0. The predicted octanol–water partition coefficient (Wildman–Crippen LogP) is 3.29. The van der Waals surface area contributed by atoms with E-state index < -0.39 is 11.9 Å². The monoisotopic (exact) mass is 242 g/mol. The fraction of sp³-hybridized carbons (Fsp3) is 0.462. The first-order valence-electron chi connectivity index (χ1n) is 5.53. The average Bonchev–Trinajstić information content (AvgIpc) is 2.29. The summed E-state index contributed by atoms with van der Waals surface area (Å²) in [5, 5.41) is 0. The normalized spacial score (nSPS) is 11.3. The predicted molar refractivity (Wildman–Crippen MR) is 61.0 cm³/mol. The summed E-state index contributed by atoms with van der Waals surface area (Å²) in [6.45, 7) is 1.71. The van der Waals surface area contributed by atoms with E-state index in [1.165, 1.54) is 25.3 Å². The molecule has 0 aliphatic heterocycles. The summed E-state index contributed by atoms with van der Waals surface area (Å²) in [5.74, 6) is -3.26. The minimum absolute atomic E-state index is 0.0204. The van der Waals surface area contributed by atoms with Crippen LogP contribution in [0.1, 0.15) is 30.9 Å². The molecule has 0 aromatic heterocycles. The first-order chi connectivity index (χ1) is 7.99. The summed E-state index contributed by atoms with van der Waals surface area (Å²) in [5.41, 5.74) is 0.505. The van der Waals surface area contributed by atoms with Crippen molar-refractivity contribution in [2.24, 2.45) is 0 Å². The lowest BCUT2D eigenvalue weighted by molar-refractivity contribution is -0.139. The Balaban J connectivity index is 2.89. The Morgan fingerprint density at radius 3 is 2.71 bits per heavy atom. The van der Waals surface area contributed by atoms with Crippen molar-refractivity contribution in [3.8, 4) is 0 Å². The van der Waals surface area contributed by atoms with Crippen LogP contribution in [0.2, 0.25) is 0 Å². The van der Waals surface area contributed by atoms with E-state index in [-0.39, 0.29) is 18.4 Å². The molecule has 0 amide bonds. The minimum Gasteiger partial charge on any atom is -0.469 e. The SMILES string of the molecule is CCCC(F)(F)c1cccc(CC(=O)OC)c1. The van der Waals surface area contributed by atoms with Gasteiger partial charge >= 0.3 is 5.97 Å². The fourth-order valence-electron chi connectivity index (χ4n) is 1.61. The van der Waals surface area contributed by atoms with Gasteiger partial charge < -0.3 is 4.74 Å². The average molecular weight is 242 g/mol. The van der Waals surface area contributed by atoms with Crippen LogP contribution in [-0.2, 0) is 21.9 Å². The zero-order valence-electron chi connectivity index (χ0n) is 10.0. The summed E-state index contributed by atoms with van der Waals surface area (Å²) in [7, 11) is 1.28. The van der Waals surface area contributed by atoms with Crippen LogP contribution in [0, 0.1) is 0 Å². The Labute approximate surface area is 99.6 Å². The van der Waals surface area contributed by atoms with Gasteiger partial charge in [-0.3, -0.25) is 4.79 Å². The second-order valence-corrected chi connectivity index (χ2v) is 3.91. The molecule has 0 radical (unpaired) electrons. The lowest BCUT2D eigenvalue weighted by atomic mass is 10.0. The van der Waals surface area contributed by atoms with E-state index in [2.05, 4.69) is 4.74 Å². The quantitative estimate of drug-likeness (QED) is 0.740. The van der Waals surface area contributed by atoms with E-state index in [0.717, 1.165) is 0 Å². The number of esters is 1. The second kappa shape index (κ2) is 5.75. The lowest BCUT2D eigenvalue weighted by Crippen LogP contribution is -2.13. The molecule has 94 valence electrons. The topological polar surface area (TPSA) is 26.3 Å². The van der Waals surface area contributed by atoms with E-state index in [0.29, 0.717) is 12.0 Å². The first kappa shape index (κ1) is 13.6. The zero-order chi connectivity index (χ0) is 12.9. The van der Waals surface area contributed by atoms with Crippen molar-refractivity contribution < 1.29 is 18.3 Å². The van der Waals surface area contributed by atoms with Crippen molar-refractivity contribution in [2.45, 2.75) is 32.1 Å². The Morgan fingerprint density at radius 1 is 1.41 bits per heavy atom. The molecule has 0 saturated carbocycles. The van der Waals surface area contributed by atoms with Gasteiger partial charge in [0.1, 0.15) is 0 Å². The highest BCUT2D eigenvalue weighted by molar-refractivity contribution is 5.72. The largest absolute Gasteiger partial charge is 0.469 e. The molecular weight excluding hydrogens is 226 g/mol. The summed E-state index contributed by atoms with van der Waals surface area (Å²) in [6, 6.07) is 5.93. The first-order valence-corrected chi connectivity index (χ1v) is 5.53. The van der Waals surface area contributed by atoms with Crippen molar-refractivity contribution in [2.75, 3.05) is 7.11 Å². The molecular formula is C13H16F2O2. The maximum Gasteiger partial charge on any atom is 0.309 e. The van der Waals surface area contributed by atoms with Crippen LogP contribution in [0.4, 0.5) is 8.78 Å². The number of methoxy groups -OCH3 is 1. The van der Waals surface area contributed by atoms with Crippen LogP contribution in [0.3, 0.4) is 0 Å². The number of ether oxygens (including phenoxy) is 1. The molecule has 0 N–H and O–H groups in total. The van der Waals surface area contributed by atoms with Crippen LogP contribution in [-0.4, -0.2) is 13.1 Å². The van der Waals surface area contributed by atoms with E-state index in [9.17, 15) is 13.6 Å². The van der Waals surface area contributed by atoms with Gasteiger partial charge in [0.2, 0.25) is 0 Å². The van der Waals surface area contributed by atoms with Crippen molar-refractivity contribution >= 4 is 5.97 Å². The highest BCUT2D eigenvalue weighted by atomic mass is 19.3. The molecule has 1 rings (SSSR count). The molecule has 0 fully saturated rings. The van der Waals surface area contributed by atoms with Crippen LogP contribution in [0.5, 0.6) is 0 Å². The van der Waals surface area contributed by atoms with Gasteiger partial charge in [-0.1, -0.05) is 31.5 Å². The maximum absolute atomic E-state index is 13.6. The minimum atomic E-state index is -2.83. The maximum atomic E-state index is 13.6. The highest BCUT2D eigenvalue weighted by Gasteiger charge is 2.30. The number of rotatable bonds is 5. The van der Waals surface area contributed by atoms with Crippen molar-refractivity contribution in [3.63, 3.8) is 0 Å². The van der Waals surface area contributed by atoms with Crippen LogP contribution in [0.15, 0.2) is 24.3 Å². The van der Waals surface area contributed by atoms with Gasteiger partial charge in [-0.05, 0) is 11.6 Å². The molecule has 0 aliphatic rings. The summed E-state index contributed by atoms with van der Waals surface area (Å²) in [6.07, 6.45) is 0.245. The number of hydrogen-bond donors (Lipinski definition) is 0. The molecule has 0 heterocycles. The Morgan fingerprint density at radius 2 is 2.12 bits per heavy atom. The van der Waals surface area contributed by atoms with E-state index in [4.69, 9.17) is 0 Å². The number of carbonyl (C=O) groups is 1. The Hall–Kier alpha value is -1.45. The molecule has 0 saturated heterocycles. The number of halogens is 2. The molecule has 0 unspecified atom stereocenters. The van der Waals surface area contributed by atoms with E-state index in [1.54, 1.807) is 13.0 Å². The lowest BCUT2D eigenvalue weighted by Gasteiger charge is -2.16. The van der Waals surface area contributed by atoms with Gasteiger partial charge in [0.15, 0.2) is 0 Å². The van der Waals surface area contributed by atoms with E-state index in [1.807, 2.05) is 0 Å². The van der Waals surface area contributed by atoms with Crippen molar-refractivity contribution in [3.05, 3.63) is 35.4 Å². The third-order valence-corrected chi connectivity index (χ3v) is 2.49. The number of hydrogen-bond acceptors (Lipinski definition) is 2. The number of carbonyl (C=O) groups excluding carboxylic acids is 1. The molecule has 0 atom stereocenters. The van der Waals surface area contributed by atoms with Gasteiger partial charge in [-0.15, -0.1) is 0 Å². The standard InChI is InChI=1S/C13H16F2O2/c1-3-7-13(14,15)11-6-4-5-10(8-11)9-12(16)17-2/h4-6,8H,3,7,9H2,1-2H3. The van der Waals surface area contributed by atoms with Crippen LogP contribution >= 0.6 is 0 Å². The van der Waals surface area contributed by atoms with Gasteiger partial charge in [-0.2, -0.15) is 0 Å². The molecule has 2 nitrogen and oxygen atoms in total. The third-order valence-electron chi connectivity index (χ3n) is 2.49. The second-order valence-electron chi connectivity index (χ2n) is 3.91.